The molecule has 3 nitrogen and oxygen atoms in total. The van der Waals surface area contributed by atoms with Crippen LogP contribution >= 0.6 is 0 Å². The van der Waals surface area contributed by atoms with Gasteiger partial charge in [-0.15, -0.1) is 0 Å². The van der Waals surface area contributed by atoms with E-state index in [1.54, 1.807) is 0 Å². The van der Waals surface area contributed by atoms with Crippen LogP contribution in [-0.4, -0.2) is 29.4 Å². The van der Waals surface area contributed by atoms with Gasteiger partial charge in [-0.2, -0.15) is 0 Å². The summed E-state index contributed by atoms with van der Waals surface area (Å²) in [4.78, 5) is 14.0. The third kappa shape index (κ3) is 3.21. The first-order valence-electron chi connectivity index (χ1n) is 10.4. The van der Waals surface area contributed by atoms with E-state index in [4.69, 9.17) is 9.60 Å². The van der Waals surface area contributed by atoms with Gasteiger partial charge < -0.3 is 5.32 Å². The molecule has 1 aliphatic heterocycles. The molecule has 0 saturated carbocycles. The number of carbonyl (C=O) groups excluding carboxylic acids is 1. The highest BCUT2D eigenvalue weighted by Gasteiger charge is 2.30. The standard InChI is InChI=1S/C17H26N2O/c1-12(2)19-11-6-5-10-15(19)17(20)18-16-13(3)8-7-9-14(16)4/h7-9,12,15H,5-6,10-11H2,1-4H3,(H,18,20)/t15-/m0/s1/i1D3,2D3,12D. The summed E-state index contributed by atoms with van der Waals surface area (Å²) in [6.45, 7) is -2.41. The minimum absolute atomic E-state index is 0.0745. The van der Waals surface area contributed by atoms with E-state index in [9.17, 15) is 4.79 Å². The Kier molecular flexibility index (Phi) is 2.62. The number of aryl methyl sites for hydroxylation is 2. The molecule has 0 spiro atoms. The largest absolute Gasteiger partial charge is 0.324 e. The molecule has 0 unspecified atom stereocenters. The number of nitrogens with zero attached hydrogens (tertiary/aromatic N) is 1. The van der Waals surface area contributed by atoms with Gasteiger partial charge in [0.25, 0.3) is 0 Å². The molecule has 2 rings (SSSR count). The van der Waals surface area contributed by atoms with Crippen LogP contribution in [0.4, 0.5) is 5.69 Å². The molecule has 1 aromatic rings. The summed E-state index contributed by atoms with van der Waals surface area (Å²) in [5, 5.41) is 2.82. The fraction of sp³-hybridized carbons (Fsp3) is 0.588. The molecule has 1 fully saturated rings. The predicted octanol–water partition coefficient (Wildman–Crippen LogP) is 3.50. The zero-order valence-electron chi connectivity index (χ0n) is 19.0. The molecule has 0 radical (unpaired) electrons. The van der Waals surface area contributed by atoms with Crippen molar-refractivity contribution in [1.82, 2.24) is 4.90 Å². The lowest BCUT2D eigenvalue weighted by molar-refractivity contribution is -0.123. The number of likely N-dealkylation sites (tertiary alicyclic amines) is 1. The number of piperidine rings is 1. The van der Waals surface area contributed by atoms with Crippen molar-refractivity contribution in [3.63, 3.8) is 0 Å². The van der Waals surface area contributed by atoms with Crippen LogP contribution in [0.5, 0.6) is 0 Å². The van der Waals surface area contributed by atoms with E-state index in [1.165, 1.54) is 0 Å². The summed E-state index contributed by atoms with van der Waals surface area (Å²) in [6, 6.07) is 1.73. The van der Waals surface area contributed by atoms with Gasteiger partial charge in [0.2, 0.25) is 5.91 Å². The fourth-order valence-electron chi connectivity index (χ4n) is 2.69. The molecule has 3 heteroatoms. The second kappa shape index (κ2) is 6.40. The van der Waals surface area contributed by atoms with Gasteiger partial charge in [-0.3, -0.25) is 9.69 Å². The average Bonchev–Trinajstić information content (AvgIpc) is 2.55. The maximum atomic E-state index is 13.0. The molecule has 1 atom stereocenters. The summed E-state index contributed by atoms with van der Waals surface area (Å²) in [5.74, 6) is -0.475. The van der Waals surface area contributed by atoms with Gasteiger partial charge in [0.15, 0.2) is 0 Å². The Morgan fingerprint density at radius 3 is 2.75 bits per heavy atom. The summed E-state index contributed by atoms with van der Waals surface area (Å²) in [6.07, 6.45) is 1.52. The Morgan fingerprint density at radius 2 is 2.10 bits per heavy atom. The zero-order chi connectivity index (χ0) is 20.6. The fourth-order valence-corrected chi connectivity index (χ4v) is 2.69. The topological polar surface area (TPSA) is 32.3 Å². The third-order valence-electron chi connectivity index (χ3n) is 3.82. The Bertz CT molecular complexity index is 665. The van der Waals surface area contributed by atoms with Crippen LogP contribution in [0.3, 0.4) is 0 Å². The lowest BCUT2D eigenvalue weighted by Crippen LogP contribution is -2.50. The molecular formula is C17H26N2O. The smallest absolute Gasteiger partial charge is 0.241 e. The molecule has 110 valence electrons. The lowest BCUT2D eigenvalue weighted by Gasteiger charge is -2.37. The van der Waals surface area contributed by atoms with Gasteiger partial charge in [-0.25, -0.2) is 0 Å². The van der Waals surface area contributed by atoms with E-state index < -0.39 is 31.7 Å². The van der Waals surface area contributed by atoms with Crippen LogP contribution < -0.4 is 5.32 Å². The second-order valence-electron chi connectivity index (χ2n) is 5.31. The van der Waals surface area contributed by atoms with Crippen molar-refractivity contribution in [2.24, 2.45) is 0 Å². The van der Waals surface area contributed by atoms with Gasteiger partial charge >= 0.3 is 0 Å². The number of rotatable bonds is 3. The molecule has 1 aromatic carbocycles. The van der Waals surface area contributed by atoms with Crippen molar-refractivity contribution in [2.75, 3.05) is 11.9 Å². The Balaban J connectivity index is 2.40. The lowest BCUT2D eigenvalue weighted by atomic mass is 9.99. The normalized spacial score (nSPS) is 27.1. The Labute approximate surface area is 132 Å². The van der Waals surface area contributed by atoms with Gasteiger partial charge in [0.1, 0.15) is 0 Å². The van der Waals surface area contributed by atoms with Crippen molar-refractivity contribution < 1.29 is 14.4 Å². The number of carbonyl (C=O) groups is 1. The van der Waals surface area contributed by atoms with Gasteiger partial charge in [0.05, 0.1) is 6.04 Å². The first kappa shape index (κ1) is 8.18. The molecule has 0 bridgehead atoms. The average molecular weight is 281 g/mol. The molecule has 1 saturated heterocycles. The Hall–Kier alpha value is -1.35. The van der Waals surface area contributed by atoms with E-state index in [0.29, 0.717) is 24.9 Å². The van der Waals surface area contributed by atoms with Crippen molar-refractivity contribution in [3.8, 4) is 0 Å². The van der Waals surface area contributed by atoms with Crippen LogP contribution in [0.1, 0.15) is 53.7 Å². The van der Waals surface area contributed by atoms with Crippen molar-refractivity contribution >= 4 is 11.6 Å². The summed E-state index contributed by atoms with van der Waals surface area (Å²) in [7, 11) is 0. The van der Waals surface area contributed by atoms with Crippen LogP contribution in [0.2, 0.25) is 0 Å². The predicted molar refractivity (Wildman–Crippen MR) is 84.0 cm³/mol. The van der Waals surface area contributed by atoms with E-state index in [1.807, 2.05) is 32.0 Å². The molecule has 0 aromatic heterocycles. The van der Waals surface area contributed by atoms with E-state index in [2.05, 4.69) is 5.32 Å². The summed E-state index contributed by atoms with van der Waals surface area (Å²) >= 11 is 0. The van der Waals surface area contributed by atoms with Crippen molar-refractivity contribution in [3.05, 3.63) is 29.3 Å². The quantitative estimate of drug-likeness (QED) is 0.919. The van der Waals surface area contributed by atoms with Crippen molar-refractivity contribution in [1.29, 1.82) is 0 Å². The van der Waals surface area contributed by atoms with Crippen LogP contribution in [-0.2, 0) is 4.79 Å². The molecule has 1 heterocycles. The van der Waals surface area contributed by atoms with Crippen molar-refractivity contribution in [2.45, 2.75) is 58.9 Å². The van der Waals surface area contributed by atoms with Crippen LogP contribution in [0.25, 0.3) is 0 Å². The van der Waals surface area contributed by atoms with Crippen LogP contribution in [0, 0.1) is 13.8 Å². The molecular weight excluding hydrogens is 248 g/mol. The number of hydrogen-bond donors (Lipinski definition) is 1. The maximum Gasteiger partial charge on any atom is 0.241 e. The number of para-hydroxylation sites is 1. The summed E-state index contributed by atoms with van der Waals surface area (Å²) in [5.41, 5.74) is 2.34. The van der Waals surface area contributed by atoms with E-state index in [-0.39, 0.29) is 6.54 Å². The number of benzene rings is 1. The maximum absolute atomic E-state index is 13.0. The highest BCUT2D eigenvalue weighted by atomic mass is 16.2. The molecule has 1 N–H and O–H groups in total. The van der Waals surface area contributed by atoms with Gasteiger partial charge in [0, 0.05) is 21.3 Å². The minimum Gasteiger partial charge on any atom is -0.324 e. The number of nitrogens with one attached hydrogen (secondary N) is 1. The first-order chi connectivity index (χ1) is 12.3. The molecule has 1 amide bonds. The molecule has 20 heavy (non-hydrogen) atoms. The minimum atomic E-state index is -3.09. The third-order valence-corrected chi connectivity index (χ3v) is 3.82. The molecule has 0 aliphatic carbocycles. The molecule has 1 aliphatic rings. The van der Waals surface area contributed by atoms with E-state index in [0.717, 1.165) is 16.0 Å². The zero-order valence-corrected chi connectivity index (χ0v) is 12.0. The number of amides is 1. The first-order valence-corrected chi connectivity index (χ1v) is 6.94. The van der Waals surface area contributed by atoms with Gasteiger partial charge in [-0.05, 0) is 58.1 Å². The van der Waals surface area contributed by atoms with Gasteiger partial charge in [-0.1, -0.05) is 24.6 Å². The number of hydrogen-bond acceptors (Lipinski definition) is 2. The van der Waals surface area contributed by atoms with Crippen LogP contribution in [0.15, 0.2) is 18.2 Å². The summed E-state index contributed by atoms with van der Waals surface area (Å²) < 4.78 is 54.7. The SMILES string of the molecule is [2H]C([2H])([2H])C([2H])(N1CCCC[C@H]1C(=O)Nc1c(C)cccc1C)C([2H])([2H])[2H]. The second-order valence-corrected chi connectivity index (χ2v) is 5.31. The highest BCUT2D eigenvalue weighted by Crippen LogP contribution is 2.24. The monoisotopic (exact) mass is 281 g/mol. The number of anilines is 1. The highest BCUT2D eigenvalue weighted by molar-refractivity contribution is 5.96. The Morgan fingerprint density at radius 1 is 1.40 bits per heavy atom. The van der Waals surface area contributed by atoms with E-state index >= 15 is 0 Å².